The van der Waals surface area contributed by atoms with E-state index in [1.165, 1.54) is 0 Å². The fourth-order valence-electron chi connectivity index (χ4n) is 0.721. The molecule has 0 aliphatic carbocycles. The summed E-state index contributed by atoms with van der Waals surface area (Å²) in [6.45, 7) is 0.187. The number of halogens is 1. The quantitative estimate of drug-likeness (QED) is 0.491. The Morgan fingerprint density at radius 2 is 2.29 bits per heavy atom. The van der Waals surface area contributed by atoms with Crippen molar-refractivity contribution in [2.75, 3.05) is 11.9 Å². The molecule has 1 unspecified atom stereocenters. The maximum Gasteiger partial charge on any atom is 0.143 e. The van der Waals surface area contributed by atoms with Gasteiger partial charge in [0, 0.05) is 17.7 Å². The molecule has 14 heavy (non-hydrogen) atoms. The number of aliphatic hydroxyl groups excluding tert-OH is 1. The standard InChI is InChI=1S/C9H11BrN2O2/c10-5-9(13)7-14-12-6-8-1-3-11-4-2-8/h1-4,6,9,13H,5,7H2/b12-6+. The van der Waals surface area contributed by atoms with Crippen LogP contribution in [0.2, 0.25) is 0 Å². The van der Waals surface area contributed by atoms with Crippen molar-refractivity contribution in [2.45, 2.75) is 6.10 Å². The van der Waals surface area contributed by atoms with E-state index in [4.69, 9.17) is 9.94 Å². The third-order valence-corrected chi connectivity index (χ3v) is 2.17. The van der Waals surface area contributed by atoms with Gasteiger partial charge in [-0.15, -0.1) is 0 Å². The molecule has 5 heteroatoms. The van der Waals surface area contributed by atoms with Gasteiger partial charge in [0.15, 0.2) is 0 Å². The summed E-state index contributed by atoms with van der Waals surface area (Å²) in [6, 6.07) is 3.63. The van der Waals surface area contributed by atoms with Crippen molar-refractivity contribution in [2.24, 2.45) is 5.16 Å². The summed E-state index contributed by atoms with van der Waals surface area (Å²) in [6.07, 6.45) is 4.40. The monoisotopic (exact) mass is 258 g/mol. The van der Waals surface area contributed by atoms with Crippen LogP contribution in [0.5, 0.6) is 0 Å². The lowest BCUT2D eigenvalue weighted by Gasteiger charge is -2.03. The first kappa shape index (κ1) is 11.1. The highest BCUT2D eigenvalue weighted by molar-refractivity contribution is 9.09. The van der Waals surface area contributed by atoms with E-state index in [9.17, 15) is 0 Å². The minimum Gasteiger partial charge on any atom is -0.393 e. The zero-order chi connectivity index (χ0) is 10.2. The molecular weight excluding hydrogens is 248 g/mol. The van der Waals surface area contributed by atoms with E-state index in [1.807, 2.05) is 12.1 Å². The lowest BCUT2D eigenvalue weighted by molar-refractivity contribution is 0.0539. The van der Waals surface area contributed by atoms with E-state index in [1.54, 1.807) is 18.6 Å². The van der Waals surface area contributed by atoms with Gasteiger partial charge in [-0.1, -0.05) is 21.1 Å². The number of pyridine rings is 1. The maximum atomic E-state index is 9.10. The predicted molar refractivity (Wildman–Crippen MR) is 57.6 cm³/mol. The lowest BCUT2D eigenvalue weighted by Crippen LogP contribution is -2.14. The third-order valence-electron chi connectivity index (χ3n) is 1.43. The summed E-state index contributed by atoms with van der Waals surface area (Å²) in [5.41, 5.74) is 0.910. The van der Waals surface area contributed by atoms with Crippen LogP contribution in [0.4, 0.5) is 0 Å². The van der Waals surface area contributed by atoms with Crippen LogP contribution in [-0.4, -0.2) is 34.3 Å². The van der Waals surface area contributed by atoms with E-state index in [0.29, 0.717) is 5.33 Å². The first-order chi connectivity index (χ1) is 6.83. The number of oxime groups is 1. The summed E-state index contributed by atoms with van der Waals surface area (Å²) >= 11 is 3.12. The molecule has 1 N–H and O–H groups in total. The highest BCUT2D eigenvalue weighted by Gasteiger charge is 1.99. The molecule has 1 atom stereocenters. The molecule has 76 valence electrons. The van der Waals surface area contributed by atoms with E-state index < -0.39 is 6.10 Å². The Balaban J connectivity index is 2.28. The van der Waals surface area contributed by atoms with Crippen molar-refractivity contribution in [3.8, 4) is 0 Å². The van der Waals surface area contributed by atoms with Gasteiger partial charge in [0.1, 0.15) is 12.7 Å². The SMILES string of the molecule is OC(CBr)CO/N=C/c1ccncc1. The number of aliphatic hydroxyl groups is 1. The molecule has 0 spiro atoms. The molecule has 1 aromatic rings. The minimum atomic E-state index is -0.524. The molecule has 0 saturated heterocycles. The van der Waals surface area contributed by atoms with Crippen LogP contribution in [0.15, 0.2) is 29.7 Å². The highest BCUT2D eigenvalue weighted by Crippen LogP contribution is 1.94. The average Bonchev–Trinajstić information content (AvgIpc) is 2.25. The van der Waals surface area contributed by atoms with Gasteiger partial charge in [0.05, 0.1) is 6.21 Å². The van der Waals surface area contributed by atoms with Gasteiger partial charge in [-0.2, -0.15) is 0 Å². The van der Waals surface area contributed by atoms with Crippen LogP contribution in [0.25, 0.3) is 0 Å². The van der Waals surface area contributed by atoms with Gasteiger partial charge in [0.2, 0.25) is 0 Å². The van der Waals surface area contributed by atoms with Crippen molar-refractivity contribution in [1.82, 2.24) is 4.98 Å². The molecule has 1 rings (SSSR count). The van der Waals surface area contributed by atoms with Crippen molar-refractivity contribution >= 4 is 22.1 Å². The number of nitrogens with zero attached hydrogens (tertiary/aromatic N) is 2. The van der Waals surface area contributed by atoms with E-state index >= 15 is 0 Å². The maximum absolute atomic E-state index is 9.10. The topological polar surface area (TPSA) is 54.7 Å². The zero-order valence-corrected chi connectivity index (χ0v) is 9.09. The van der Waals surface area contributed by atoms with E-state index in [0.717, 1.165) is 5.56 Å². The second kappa shape index (κ2) is 6.50. The van der Waals surface area contributed by atoms with Crippen molar-refractivity contribution in [1.29, 1.82) is 0 Å². The van der Waals surface area contributed by atoms with Crippen molar-refractivity contribution in [3.63, 3.8) is 0 Å². The number of rotatable bonds is 5. The van der Waals surface area contributed by atoms with Crippen LogP contribution >= 0.6 is 15.9 Å². The Morgan fingerprint density at radius 1 is 1.57 bits per heavy atom. The number of hydrogen-bond acceptors (Lipinski definition) is 4. The number of alkyl halides is 1. The average molecular weight is 259 g/mol. The fraction of sp³-hybridized carbons (Fsp3) is 0.333. The molecular formula is C9H11BrN2O2. The summed E-state index contributed by atoms with van der Waals surface area (Å²) in [5, 5.41) is 13.3. The lowest BCUT2D eigenvalue weighted by atomic mass is 10.3. The van der Waals surface area contributed by atoms with Crippen molar-refractivity contribution in [3.05, 3.63) is 30.1 Å². The van der Waals surface area contributed by atoms with Crippen LogP contribution in [0, 0.1) is 0 Å². The highest BCUT2D eigenvalue weighted by atomic mass is 79.9. The fourth-order valence-corrected chi connectivity index (χ4v) is 0.908. The van der Waals surface area contributed by atoms with E-state index in [-0.39, 0.29) is 6.61 Å². The van der Waals surface area contributed by atoms with Gasteiger partial charge < -0.3 is 9.94 Å². The molecule has 0 aliphatic heterocycles. The third kappa shape index (κ3) is 4.34. The Labute approximate surface area is 90.7 Å². The molecule has 1 aromatic heterocycles. The number of hydrogen-bond donors (Lipinski definition) is 1. The van der Waals surface area contributed by atoms with Crippen molar-refractivity contribution < 1.29 is 9.94 Å². The predicted octanol–water partition coefficient (Wildman–Crippen LogP) is 1.19. The largest absolute Gasteiger partial charge is 0.393 e. The van der Waals surface area contributed by atoms with Gasteiger partial charge in [-0.05, 0) is 17.7 Å². The second-order valence-electron chi connectivity index (χ2n) is 2.62. The Kier molecular flexibility index (Phi) is 5.17. The number of aromatic nitrogens is 1. The molecule has 0 radical (unpaired) electrons. The van der Waals surface area contributed by atoms with Crippen LogP contribution < -0.4 is 0 Å². The zero-order valence-electron chi connectivity index (χ0n) is 7.51. The van der Waals surface area contributed by atoms with Crippen LogP contribution in [-0.2, 0) is 4.84 Å². The normalized spacial score (nSPS) is 13.0. The van der Waals surface area contributed by atoms with Gasteiger partial charge in [0.25, 0.3) is 0 Å². The van der Waals surface area contributed by atoms with Crippen LogP contribution in [0.3, 0.4) is 0 Å². The molecule has 4 nitrogen and oxygen atoms in total. The van der Waals surface area contributed by atoms with Gasteiger partial charge in [-0.3, -0.25) is 4.98 Å². The first-order valence-corrected chi connectivity index (χ1v) is 5.24. The summed E-state index contributed by atoms with van der Waals surface area (Å²) in [4.78, 5) is 8.73. The molecule has 0 aliphatic rings. The molecule has 0 bridgehead atoms. The van der Waals surface area contributed by atoms with Gasteiger partial charge >= 0.3 is 0 Å². The smallest absolute Gasteiger partial charge is 0.143 e. The summed E-state index contributed by atoms with van der Waals surface area (Å²) in [7, 11) is 0. The Bertz CT molecular complexity index is 279. The molecule has 0 amide bonds. The first-order valence-electron chi connectivity index (χ1n) is 4.12. The molecule has 1 heterocycles. The van der Waals surface area contributed by atoms with E-state index in [2.05, 4.69) is 26.1 Å². The molecule has 0 saturated carbocycles. The van der Waals surface area contributed by atoms with Gasteiger partial charge in [-0.25, -0.2) is 0 Å². The van der Waals surface area contributed by atoms with Crippen LogP contribution in [0.1, 0.15) is 5.56 Å². The molecule has 0 aromatic carbocycles. The summed E-state index contributed by atoms with van der Waals surface area (Å²) in [5.74, 6) is 0. The molecule has 0 fully saturated rings. The summed E-state index contributed by atoms with van der Waals surface area (Å²) < 4.78 is 0. The second-order valence-corrected chi connectivity index (χ2v) is 3.27. The Morgan fingerprint density at radius 3 is 2.93 bits per heavy atom. The Hall–Kier alpha value is -0.940. The minimum absolute atomic E-state index is 0.187.